The van der Waals surface area contributed by atoms with Gasteiger partial charge in [-0.2, -0.15) is 0 Å². The van der Waals surface area contributed by atoms with Crippen molar-refractivity contribution < 1.29 is 24.5 Å². The fourth-order valence-corrected chi connectivity index (χ4v) is 9.96. The molecular weight excluding hydrogens is 997 g/mol. The summed E-state index contributed by atoms with van der Waals surface area (Å²) in [6, 6.07) is 61.7. The van der Waals surface area contributed by atoms with Gasteiger partial charge < -0.3 is 4.57 Å². The second-order valence-electron chi connectivity index (χ2n) is 17.7. The molecule has 62 heavy (non-hydrogen) atoms. The van der Waals surface area contributed by atoms with E-state index in [9.17, 15) is 0 Å². The SMILES string of the molecule is CC(C)(C)c1cc(-c2ccccc2)c(-n2c(-c3[c-]cccc3)nc3ccccc32)c(-c2ccccc2)c1.Cc1ccc2c(n1)oc1c[c-]c(-c3cc[c]([Ge]([CH3])([CH3])[CH3])cn3)cc12.[Ir]. The van der Waals surface area contributed by atoms with E-state index in [0.717, 1.165) is 61.4 Å². The molecule has 0 bridgehead atoms. The molecule has 7 heteroatoms. The molecule has 0 aliphatic rings. The van der Waals surface area contributed by atoms with Crippen molar-refractivity contribution in [2.45, 2.75) is 50.4 Å². The molecule has 0 atom stereocenters. The molecule has 6 aromatic carbocycles. The van der Waals surface area contributed by atoms with Crippen LogP contribution in [0, 0.1) is 19.1 Å². The van der Waals surface area contributed by atoms with E-state index < -0.39 is 13.3 Å². The van der Waals surface area contributed by atoms with Crippen LogP contribution in [0.15, 0.2) is 168 Å². The van der Waals surface area contributed by atoms with Gasteiger partial charge in [-0.15, -0.1) is 35.9 Å². The van der Waals surface area contributed by atoms with Crippen molar-refractivity contribution in [2.75, 3.05) is 0 Å². The number of rotatable bonds is 6. The molecule has 5 nitrogen and oxygen atoms in total. The van der Waals surface area contributed by atoms with Gasteiger partial charge in [0.2, 0.25) is 0 Å². The molecular formula is C55H48GeIrN4O-2. The molecule has 0 saturated heterocycles. The first-order chi connectivity index (χ1) is 29.4. The van der Waals surface area contributed by atoms with Gasteiger partial charge in [0.1, 0.15) is 0 Å². The maximum Gasteiger partial charge on any atom is 0 e. The summed E-state index contributed by atoms with van der Waals surface area (Å²) in [5.41, 5.74) is 14.5. The van der Waals surface area contributed by atoms with Gasteiger partial charge in [-0.25, -0.2) is 0 Å². The Balaban J connectivity index is 0.000000183. The molecule has 0 amide bonds. The standard InChI is InChI=1S/C35H29N2.C20H19GeN2O.Ir/c1-35(2,3)28-23-29(25-15-7-4-8-16-25)33(30(24-28)26-17-9-5-10-18-26)37-32-22-14-13-21-31(32)36-34(37)27-19-11-6-12-20-27;1-13-5-8-16-17-11-14(6-10-19(17)24-20(16)23-13)18-9-7-15(12-22-18)21(2,3)4;/h4-19,21-24H,1-3H3;5,7-12H,1-4H3;/q2*-1;. The zero-order valence-electron chi connectivity index (χ0n) is 36.1. The van der Waals surface area contributed by atoms with E-state index in [0.29, 0.717) is 5.71 Å². The quantitative estimate of drug-likeness (QED) is 0.123. The van der Waals surface area contributed by atoms with E-state index in [1.54, 1.807) is 0 Å². The Morgan fingerprint density at radius 3 is 1.92 bits per heavy atom. The normalized spacial score (nSPS) is 11.7. The molecule has 4 heterocycles. The molecule has 0 unspecified atom stereocenters. The van der Waals surface area contributed by atoms with Gasteiger partial charge in [0.15, 0.2) is 0 Å². The maximum atomic E-state index is 5.83. The van der Waals surface area contributed by atoms with E-state index in [2.05, 4.69) is 198 Å². The minimum absolute atomic E-state index is 0. The minimum atomic E-state index is -1.83. The monoisotopic (exact) mass is 1050 g/mol. The second kappa shape index (κ2) is 17.5. The van der Waals surface area contributed by atoms with Crippen molar-refractivity contribution in [3.05, 3.63) is 187 Å². The molecule has 0 fully saturated rings. The Bertz CT molecular complexity index is 3080. The number of furan rings is 1. The summed E-state index contributed by atoms with van der Waals surface area (Å²) in [5, 5.41) is 2.10. The van der Waals surface area contributed by atoms with Gasteiger partial charge in [0.05, 0.1) is 22.5 Å². The summed E-state index contributed by atoms with van der Waals surface area (Å²) >= 11 is -1.83. The predicted octanol–water partition coefficient (Wildman–Crippen LogP) is 13.8. The number of imidazole rings is 1. The summed E-state index contributed by atoms with van der Waals surface area (Å²) in [6.07, 6.45) is 2.03. The van der Waals surface area contributed by atoms with Crippen molar-refractivity contribution in [2.24, 2.45) is 0 Å². The van der Waals surface area contributed by atoms with Crippen molar-refractivity contribution in [3.8, 4) is 50.6 Å². The average Bonchev–Trinajstić information content (AvgIpc) is 3.84. The average molecular weight is 1050 g/mol. The van der Waals surface area contributed by atoms with E-state index in [1.807, 2.05) is 37.4 Å². The van der Waals surface area contributed by atoms with Crippen LogP contribution >= 0.6 is 0 Å². The second-order valence-corrected chi connectivity index (χ2v) is 28.3. The third kappa shape index (κ3) is 8.60. The number of benzene rings is 6. The summed E-state index contributed by atoms with van der Waals surface area (Å²) in [6.45, 7) is 8.81. The van der Waals surface area contributed by atoms with Gasteiger partial charge in [-0.1, -0.05) is 93.6 Å². The Kier molecular flexibility index (Phi) is 12.0. The van der Waals surface area contributed by atoms with Crippen LogP contribution in [-0.4, -0.2) is 32.8 Å². The van der Waals surface area contributed by atoms with Crippen molar-refractivity contribution in [1.29, 1.82) is 0 Å². The van der Waals surface area contributed by atoms with Crippen LogP contribution in [0.4, 0.5) is 0 Å². The van der Waals surface area contributed by atoms with Gasteiger partial charge in [0.25, 0.3) is 0 Å². The van der Waals surface area contributed by atoms with Crippen molar-refractivity contribution in [3.63, 3.8) is 0 Å². The van der Waals surface area contributed by atoms with Crippen LogP contribution in [0.25, 0.3) is 83.7 Å². The number of pyridine rings is 2. The van der Waals surface area contributed by atoms with Crippen LogP contribution in [-0.2, 0) is 25.5 Å². The van der Waals surface area contributed by atoms with E-state index >= 15 is 0 Å². The van der Waals surface area contributed by atoms with Crippen LogP contribution in [0.3, 0.4) is 0 Å². The van der Waals surface area contributed by atoms with Crippen LogP contribution in [0.2, 0.25) is 17.3 Å². The number of fused-ring (bicyclic) bond motifs is 4. The third-order valence-corrected chi connectivity index (χ3v) is 15.4. The van der Waals surface area contributed by atoms with Gasteiger partial charge in [-0.3, -0.25) is 4.98 Å². The van der Waals surface area contributed by atoms with Gasteiger partial charge in [0, 0.05) is 31.2 Å². The van der Waals surface area contributed by atoms with Crippen LogP contribution < -0.4 is 4.40 Å². The first-order valence-electron chi connectivity index (χ1n) is 20.9. The van der Waals surface area contributed by atoms with Gasteiger partial charge in [-0.05, 0) is 46.4 Å². The number of nitrogens with zero attached hydrogens (tertiary/aromatic N) is 4. The largest absolute Gasteiger partial charge is 0 e. The Morgan fingerprint density at radius 1 is 0.645 bits per heavy atom. The fraction of sp³-hybridized carbons (Fsp3) is 0.145. The number of para-hydroxylation sites is 2. The van der Waals surface area contributed by atoms with Crippen molar-refractivity contribution >= 4 is 50.8 Å². The third-order valence-electron chi connectivity index (χ3n) is 11.2. The number of aromatic nitrogens is 4. The summed E-state index contributed by atoms with van der Waals surface area (Å²) in [5.74, 6) is 8.02. The topological polar surface area (TPSA) is 56.7 Å². The van der Waals surface area contributed by atoms with Crippen LogP contribution in [0.1, 0.15) is 32.0 Å². The minimum Gasteiger partial charge on any atom is 0 e. The number of hydrogen-bond donors (Lipinski definition) is 0. The zero-order valence-corrected chi connectivity index (χ0v) is 40.6. The number of aryl methyl sites for hydroxylation is 1. The summed E-state index contributed by atoms with van der Waals surface area (Å²) < 4.78 is 9.57. The van der Waals surface area contributed by atoms with E-state index in [-0.39, 0.29) is 25.5 Å². The maximum absolute atomic E-state index is 5.83. The predicted molar refractivity (Wildman–Crippen MR) is 256 cm³/mol. The van der Waals surface area contributed by atoms with E-state index in [4.69, 9.17) is 9.40 Å². The molecule has 1 radical (unpaired) electrons. The molecule has 0 N–H and O–H groups in total. The first-order valence-corrected chi connectivity index (χ1v) is 28.2. The summed E-state index contributed by atoms with van der Waals surface area (Å²) in [7, 11) is 0. The molecule has 0 aliphatic heterocycles. The Labute approximate surface area is 380 Å². The van der Waals surface area contributed by atoms with Crippen LogP contribution in [0.5, 0.6) is 0 Å². The molecule has 10 aromatic rings. The molecule has 0 saturated carbocycles. The Hall–Kier alpha value is -5.92. The van der Waals surface area contributed by atoms with Crippen molar-refractivity contribution in [1.82, 2.24) is 19.5 Å². The molecule has 0 aliphatic carbocycles. The molecule has 10 rings (SSSR count). The molecule has 4 aromatic heterocycles. The van der Waals surface area contributed by atoms with Gasteiger partial charge >= 0.3 is 144 Å². The number of hydrogen-bond acceptors (Lipinski definition) is 4. The smallest absolute Gasteiger partial charge is 0 e. The molecule has 0 spiro atoms. The molecule has 309 valence electrons. The first kappa shape index (κ1) is 42.8. The fourth-order valence-electron chi connectivity index (χ4n) is 7.79. The zero-order chi connectivity index (χ0) is 42.3. The Morgan fingerprint density at radius 2 is 1.31 bits per heavy atom. The van der Waals surface area contributed by atoms with E-state index in [1.165, 1.54) is 32.2 Å². The summed E-state index contributed by atoms with van der Waals surface area (Å²) in [4.78, 5) is 14.3.